The van der Waals surface area contributed by atoms with Gasteiger partial charge in [-0.1, -0.05) is 24.6 Å². The number of hydrogen-bond donors (Lipinski definition) is 1. The second kappa shape index (κ2) is 5.96. The van der Waals surface area contributed by atoms with E-state index in [4.69, 9.17) is 0 Å². The lowest BCUT2D eigenvalue weighted by molar-refractivity contribution is -0.183. The molecular weight excluding hydrogens is 303 g/mol. The Labute approximate surface area is 122 Å². The summed E-state index contributed by atoms with van der Waals surface area (Å²) in [6.07, 6.45) is -3.55. The molecule has 0 aromatic heterocycles. The molecular formula is C14H18F3NO2S. The van der Waals surface area contributed by atoms with E-state index in [2.05, 4.69) is 4.72 Å². The summed E-state index contributed by atoms with van der Waals surface area (Å²) in [5.41, 5.74) is 0.577. The summed E-state index contributed by atoms with van der Waals surface area (Å²) in [5, 5.41) is 0. The van der Waals surface area contributed by atoms with E-state index < -0.39 is 28.2 Å². The molecule has 1 saturated carbocycles. The molecule has 118 valence electrons. The van der Waals surface area contributed by atoms with Crippen molar-refractivity contribution >= 4 is 10.0 Å². The van der Waals surface area contributed by atoms with Crippen molar-refractivity contribution in [3.8, 4) is 0 Å². The third-order valence-electron chi connectivity index (χ3n) is 3.84. The Morgan fingerprint density at radius 2 is 1.86 bits per heavy atom. The van der Waals surface area contributed by atoms with Crippen LogP contribution >= 0.6 is 0 Å². The predicted molar refractivity (Wildman–Crippen MR) is 73.3 cm³/mol. The number of rotatable bonds is 3. The Morgan fingerprint density at radius 1 is 1.19 bits per heavy atom. The van der Waals surface area contributed by atoms with E-state index in [0.29, 0.717) is 18.4 Å². The van der Waals surface area contributed by atoms with Gasteiger partial charge in [0.25, 0.3) is 0 Å². The topological polar surface area (TPSA) is 46.2 Å². The summed E-state index contributed by atoms with van der Waals surface area (Å²) in [6, 6.07) is 5.78. The van der Waals surface area contributed by atoms with Gasteiger partial charge in [-0.05, 0) is 37.8 Å². The summed E-state index contributed by atoms with van der Waals surface area (Å²) >= 11 is 0. The maximum absolute atomic E-state index is 12.8. The van der Waals surface area contributed by atoms with Gasteiger partial charge in [-0.3, -0.25) is 0 Å². The highest BCUT2D eigenvalue weighted by Crippen LogP contribution is 2.37. The molecule has 1 fully saturated rings. The van der Waals surface area contributed by atoms with Crippen LogP contribution in [-0.2, 0) is 10.0 Å². The largest absolute Gasteiger partial charge is 0.391 e. The van der Waals surface area contributed by atoms with Crippen LogP contribution in [0.15, 0.2) is 29.2 Å². The highest BCUT2D eigenvalue weighted by atomic mass is 32.2. The molecule has 21 heavy (non-hydrogen) atoms. The summed E-state index contributed by atoms with van der Waals surface area (Å²) in [4.78, 5) is 0.124. The monoisotopic (exact) mass is 321 g/mol. The second-order valence-electron chi connectivity index (χ2n) is 5.49. The lowest BCUT2D eigenvalue weighted by Crippen LogP contribution is -2.41. The number of sulfonamides is 1. The molecule has 0 heterocycles. The van der Waals surface area contributed by atoms with Gasteiger partial charge in [0.05, 0.1) is 10.8 Å². The Hall–Kier alpha value is -1.08. The van der Waals surface area contributed by atoms with Crippen molar-refractivity contribution in [2.75, 3.05) is 0 Å². The molecule has 1 aromatic carbocycles. The van der Waals surface area contributed by atoms with Crippen LogP contribution in [0.25, 0.3) is 0 Å². The fraction of sp³-hybridized carbons (Fsp3) is 0.571. The van der Waals surface area contributed by atoms with Gasteiger partial charge >= 0.3 is 6.18 Å². The Morgan fingerprint density at radius 3 is 2.48 bits per heavy atom. The van der Waals surface area contributed by atoms with Crippen molar-refractivity contribution in [1.82, 2.24) is 4.72 Å². The lowest BCUT2D eigenvalue weighted by atomic mass is 9.86. The molecule has 2 rings (SSSR count). The SMILES string of the molecule is Cc1ccccc1S(=O)(=O)NC1CCCC(C(F)(F)F)C1. The van der Waals surface area contributed by atoms with Gasteiger partial charge in [-0.25, -0.2) is 13.1 Å². The first-order valence-corrected chi connectivity index (χ1v) is 8.33. The summed E-state index contributed by atoms with van der Waals surface area (Å²) in [7, 11) is -3.78. The third kappa shape index (κ3) is 3.97. The summed E-state index contributed by atoms with van der Waals surface area (Å²) in [6.45, 7) is 1.66. The third-order valence-corrected chi connectivity index (χ3v) is 5.52. The zero-order chi connectivity index (χ0) is 15.7. The van der Waals surface area contributed by atoms with Crippen LogP contribution in [0, 0.1) is 12.8 Å². The van der Waals surface area contributed by atoms with Crippen molar-refractivity contribution < 1.29 is 21.6 Å². The van der Waals surface area contributed by atoms with Crippen molar-refractivity contribution in [3.63, 3.8) is 0 Å². The van der Waals surface area contributed by atoms with Crippen LogP contribution in [0.1, 0.15) is 31.2 Å². The predicted octanol–water partition coefficient (Wildman–Crippen LogP) is 3.39. The first kappa shape index (κ1) is 16.3. The molecule has 0 radical (unpaired) electrons. The van der Waals surface area contributed by atoms with E-state index in [1.807, 2.05) is 0 Å². The van der Waals surface area contributed by atoms with Gasteiger partial charge in [0.15, 0.2) is 0 Å². The maximum Gasteiger partial charge on any atom is 0.391 e. The van der Waals surface area contributed by atoms with Gasteiger partial charge in [0.1, 0.15) is 0 Å². The van der Waals surface area contributed by atoms with Crippen LogP contribution in [-0.4, -0.2) is 20.6 Å². The Kier molecular flexibility index (Phi) is 4.63. The van der Waals surface area contributed by atoms with Crippen molar-refractivity contribution in [2.24, 2.45) is 5.92 Å². The fourth-order valence-corrected chi connectivity index (χ4v) is 4.26. The highest BCUT2D eigenvalue weighted by molar-refractivity contribution is 7.89. The smallest absolute Gasteiger partial charge is 0.208 e. The molecule has 7 heteroatoms. The van der Waals surface area contributed by atoms with Crippen LogP contribution in [0.5, 0.6) is 0 Å². The Balaban J connectivity index is 2.12. The standard InChI is InChI=1S/C14H18F3NO2S/c1-10-5-2-3-8-13(10)21(19,20)18-12-7-4-6-11(9-12)14(15,16)17/h2-3,5,8,11-12,18H,4,6-7,9H2,1H3. The van der Waals surface area contributed by atoms with E-state index in [1.54, 1.807) is 25.1 Å². The van der Waals surface area contributed by atoms with Crippen LogP contribution in [0.2, 0.25) is 0 Å². The second-order valence-corrected chi connectivity index (χ2v) is 7.17. The van der Waals surface area contributed by atoms with E-state index in [9.17, 15) is 21.6 Å². The van der Waals surface area contributed by atoms with Gasteiger partial charge in [-0.15, -0.1) is 0 Å². The van der Waals surface area contributed by atoms with Crippen LogP contribution in [0.3, 0.4) is 0 Å². The molecule has 3 nitrogen and oxygen atoms in total. The molecule has 1 aliphatic rings. The quantitative estimate of drug-likeness (QED) is 0.927. The van der Waals surface area contributed by atoms with Crippen LogP contribution in [0.4, 0.5) is 13.2 Å². The number of aryl methyl sites for hydroxylation is 1. The van der Waals surface area contributed by atoms with Gasteiger partial charge < -0.3 is 0 Å². The van der Waals surface area contributed by atoms with Gasteiger partial charge in [-0.2, -0.15) is 13.2 Å². The molecule has 2 atom stereocenters. The maximum atomic E-state index is 12.8. The molecule has 2 unspecified atom stereocenters. The summed E-state index contributed by atoms with van der Waals surface area (Å²) in [5.74, 6) is -1.42. The molecule has 1 aliphatic carbocycles. The zero-order valence-electron chi connectivity index (χ0n) is 11.7. The minimum absolute atomic E-state index is 0.0755. The minimum atomic E-state index is -4.26. The van der Waals surface area contributed by atoms with E-state index >= 15 is 0 Å². The van der Waals surface area contributed by atoms with Crippen molar-refractivity contribution in [2.45, 2.75) is 49.7 Å². The van der Waals surface area contributed by atoms with Gasteiger partial charge in [0.2, 0.25) is 10.0 Å². The van der Waals surface area contributed by atoms with Crippen molar-refractivity contribution in [1.29, 1.82) is 0 Å². The molecule has 0 bridgehead atoms. The number of alkyl halides is 3. The fourth-order valence-electron chi connectivity index (χ4n) is 2.73. The lowest BCUT2D eigenvalue weighted by Gasteiger charge is -2.30. The first-order valence-electron chi connectivity index (χ1n) is 6.85. The number of nitrogens with one attached hydrogen (secondary N) is 1. The number of halogens is 3. The Bertz CT molecular complexity index is 598. The molecule has 1 N–H and O–H groups in total. The number of hydrogen-bond acceptors (Lipinski definition) is 2. The minimum Gasteiger partial charge on any atom is -0.208 e. The molecule has 0 spiro atoms. The molecule has 0 amide bonds. The van der Waals surface area contributed by atoms with E-state index in [1.165, 1.54) is 6.07 Å². The van der Waals surface area contributed by atoms with Crippen LogP contribution < -0.4 is 4.72 Å². The number of benzene rings is 1. The summed E-state index contributed by atoms with van der Waals surface area (Å²) < 4.78 is 65.3. The van der Waals surface area contributed by atoms with E-state index in [-0.39, 0.29) is 17.7 Å². The average molecular weight is 321 g/mol. The molecule has 1 aromatic rings. The van der Waals surface area contributed by atoms with Gasteiger partial charge in [0, 0.05) is 6.04 Å². The van der Waals surface area contributed by atoms with E-state index in [0.717, 1.165) is 0 Å². The average Bonchev–Trinajstić information content (AvgIpc) is 2.37. The highest BCUT2D eigenvalue weighted by Gasteiger charge is 2.42. The molecule has 0 aliphatic heterocycles. The van der Waals surface area contributed by atoms with Crippen molar-refractivity contribution in [3.05, 3.63) is 29.8 Å². The first-order chi connectivity index (χ1) is 9.70. The normalized spacial score (nSPS) is 24.0. The molecule has 0 saturated heterocycles. The zero-order valence-corrected chi connectivity index (χ0v) is 12.5.